The Morgan fingerprint density at radius 1 is 1.32 bits per heavy atom. The SMILES string of the molecule is CCCC(CCC(C)CC)c1cc(NCCO)on1. The fraction of sp³-hybridized carbons (Fsp3) is 0.800. The molecular formula is C15H28N2O2. The van der Waals surface area contributed by atoms with Crippen LogP contribution >= 0.6 is 0 Å². The predicted octanol–water partition coefficient (Wildman–Crippen LogP) is 3.79. The van der Waals surface area contributed by atoms with Gasteiger partial charge in [0.2, 0.25) is 5.88 Å². The molecule has 0 aromatic carbocycles. The Hall–Kier alpha value is -1.03. The number of nitrogens with zero attached hydrogens (tertiary/aromatic N) is 1. The predicted molar refractivity (Wildman–Crippen MR) is 78.4 cm³/mol. The molecule has 1 aromatic heterocycles. The van der Waals surface area contributed by atoms with Gasteiger partial charge in [-0.2, -0.15) is 0 Å². The zero-order valence-electron chi connectivity index (χ0n) is 12.5. The third-order valence-corrected chi connectivity index (χ3v) is 3.70. The van der Waals surface area contributed by atoms with E-state index in [1.54, 1.807) is 0 Å². The van der Waals surface area contributed by atoms with Gasteiger partial charge in [0.05, 0.1) is 12.3 Å². The largest absolute Gasteiger partial charge is 0.395 e. The van der Waals surface area contributed by atoms with Crippen molar-refractivity contribution < 1.29 is 9.63 Å². The van der Waals surface area contributed by atoms with E-state index in [4.69, 9.17) is 9.63 Å². The summed E-state index contributed by atoms with van der Waals surface area (Å²) in [4.78, 5) is 0. The van der Waals surface area contributed by atoms with E-state index in [9.17, 15) is 0 Å². The molecular weight excluding hydrogens is 240 g/mol. The Morgan fingerprint density at radius 2 is 2.11 bits per heavy atom. The normalized spacial score (nSPS) is 14.3. The van der Waals surface area contributed by atoms with E-state index in [-0.39, 0.29) is 6.61 Å². The summed E-state index contributed by atoms with van der Waals surface area (Å²) >= 11 is 0. The van der Waals surface area contributed by atoms with Crippen molar-refractivity contribution in [1.29, 1.82) is 0 Å². The summed E-state index contributed by atoms with van der Waals surface area (Å²) in [7, 11) is 0. The molecule has 0 saturated heterocycles. The number of aliphatic hydroxyl groups is 1. The summed E-state index contributed by atoms with van der Waals surface area (Å²) in [5.74, 6) is 1.93. The van der Waals surface area contributed by atoms with Gasteiger partial charge >= 0.3 is 0 Å². The monoisotopic (exact) mass is 268 g/mol. The standard InChI is InChI=1S/C15H28N2O2/c1-4-6-13(8-7-12(3)5-2)14-11-15(19-17-14)16-9-10-18/h11-13,16,18H,4-10H2,1-3H3. The average molecular weight is 268 g/mol. The number of hydrogen-bond donors (Lipinski definition) is 2. The zero-order chi connectivity index (χ0) is 14.1. The second kappa shape index (κ2) is 8.97. The first-order valence-electron chi connectivity index (χ1n) is 7.52. The highest BCUT2D eigenvalue weighted by Crippen LogP contribution is 2.29. The molecule has 19 heavy (non-hydrogen) atoms. The van der Waals surface area contributed by atoms with Crippen LogP contribution in [0, 0.1) is 5.92 Å². The first-order chi connectivity index (χ1) is 9.21. The van der Waals surface area contributed by atoms with Crippen molar-refractivity contribution in [2.24, 2.45) is 5.92 Å². The maximum absolute atomic E-state index is 8.78. The summed E-state index contributed by atoms with van der Waals surface area (Å²) < 4.78 is 5.25. The molecule has 0 spiro atoms. The van der Waals surface area contributed by atoms with E-state index in [0.717, 1.165) is 24.5 Å². The Balaban J connectivity index is 2.56. The molecule has 2 unspecified atom stereocenters. The minimum Gasteiger partial charge on any atom is -0.395 e. The minimum absolute atomic E-state index is 0.0996. The molecule has 0 amide bonds. The summed E-state index contributed by atoms with van der Waals surface area (Å²) in [6, 6.07) is 1.98. The van der Waals surface area contributed by atoms with Crippen LogP contribution in [-0.4, -0.2) is 23.4 Å². The van der Waals surface area contributed by atoms with Gasteiger partial charge in [0.1, 0.15) is 0 Å². The van der Waals surface area contributed by atoms with Crippen LogP contribution in [0.15, 0.2) is 10.6 Å². The zero-order valence-corrected chi connectivity index (χ0v) is 12.5. The summed E-state index contributed by atoms with van der Waals surface area (Å²) in [5.41, 5.74) is 1.05. The first kappa shape index (κ1) is 16.0. The van der Waals surface area contributed by atoms with Crippen LogP contribution in [0.5, 0.6) is 0 Å². The van der Waals surface area contributed by atoms with Crippen LogP contribution in [0.25, 0.3) is 0 Å². The van der Waals surface area contributed by atoms with Crippen molar-refractivity contribution in [3.05, 3.63) is 11.8 Å². The van der Waals surface area contributed by atoms with E-state index >= 15 is 0 Å². The van der Waals surface area contributed by atoms with Gasteiger partial charge in [-0.3, -0.25) is 0 Å². The number of nitrogens with one attached hydrogen (secondary N) is 1. The maximum Gasteiger partial charge on any atom is 0.224 e. The third kappa shape index (κ3) is 5.64. The number of rotatable bonds is 10. The van der Waals surface area contributed by atoms with Crippen molar-refractivity contribution >= 4 is 5.88 Å². The van der Waals surface area contributed by atoms with Crippen LogP contribution in [0.2, 0.25) is 0 Å². The van der Waals surface area contributed by atoms with E-state index in [2.05, 4.69) is 31.2 Å². The van der Waals surface area contributed by atoms with Crippen LogP contribution in [0.3, 0.4) is 0 Å². The fourth-order valence-corrected chi connectivity index (χ4v) is 2.22. The lowest BCUT2D eigenvalue weighted by molar-refractivity contribution is 0.308. The van der Waals surface area contributed by atoms with Crippen molar-refractivity contribution in [2.45, 2.75) is 58.8 Å². The number of aliphatic hydroxyl groups excluding tert-OH is 1. The van der Waals surface area contributed by atoms with E-state index in [1.807, 2.05) is 6.07 Å². The summed E-state index contributed by atoms with van der Waals surface area (Å²) in [6.07, 6.45) is 5.98. The topological polar surface area (TPSA) is 58.3 Å². The molecule has 0 aliphatic carbocycles. The summed E-state index contributed by atoms with van der Waals surface area (Å²) in [5, 5.41) is 16.0. The Labute approximate surface area is 116 Å². The molecule has 4 heteroatoms. The first-order valence-corrected chi connectivity index (χ1v) is 7.52. The highest BCUT2D eigenvalue weighted by molar-refractivity contribution is 5.32. The van der Waals surface area contributed by atoms with E-state index in [1.165, 1.54) is 19.3 Å². The number of aromatic nitrogens is 1. The van der Waals surface area contributed by atoms with Gasteiger partial charge in [-0.15, -0.1) is 0 Å². The molecule has 1 aromatic rings. The van der Waals surface area contributed by atoms with Crippen molar-refractivity contribution in [2.75, 3.05) is 18.5 Å². The molecule has 2 atom stereocenters. The smallest absolute Gasteiger partial charge is 0.224 e. The van der Waals surface area contributed by atoms with Gasteiger partial charge in [0, 0.05) is 18.5 Å². The molecule has 1 heterocycles. The van der Waals surface area contributed by atoms with Crippen LogP contribution in [0.1, 0.15) is 64.5 Å². The molecule has 0 aliphatic heterocycles. The molecule has 110 valence electrons. The lowest BCUT2D eigenvalue weighted by atomic mass is 9.90. The van der Waals surface area contributed by atoms with Gasteiger partial charge in [0.25, 0.3) is 0 Å². The maximum atomic E-state index is 8.78. The van der Waals surface area contributed by atoms with Gasteiger partial charge in [-0.05, 0) is 18.8 Å². The fourth-order valence-electron chi connectivity index (χ4n) is 2.22. The molecule has 0 radical (unpaired) electrons. The van der Waals surface area contributed by atoms with Crippen molar-refractivity contribution in [3.63, 3.8) is 0 Å². The van der Waals surface area contributed by atoms with Gasteiger partial charge < -0.3 is 14.9 Å². The molecule has 2 N–H and O–H groups in total. The van der Waals surface area contributed by atoms with Crippen molar-refractivity contribution in [3.8, 4) is 0 Å². The average Bonchev–Trinajstić information content (AvgIpc) is 2.89. The van der Waals surface area contributed by atoms with Crippen LogP contribution in [-0.2, 0) is 0 Å². The quantitative estimate of drug-likeness (QED) is 0.678. The molecule has 0 bridgehead atoms. The number of anilines is 1. The van der Waals surface area contributed by atoms with Gasteiger partial charge in [-0.1, -0.05) is 45.2 Å². The van der Waals surface area contributed by atoms with E-state index in [0.29, 0.717) is 18.3 Å². The Kier molecular flexibility index (Phi) is 7.56. The molecule has 0 fully saturated rings. The van der Waals surface area contributed by atoms with Crippen molar-refractivity contribution in [1.82, 2.24) is 5.16 Å². The van der Waals surface area contributed by atoms with Crippen LogP contribution in [0.4, 0.5) is 5.88 Å². The van der Waals surface area contributed by atoms with E-state index < -0.39 is 0 Å². The molecule has 1 rings (SSSR count). The third-order valence-electron chi connectivity index (χ3n) is 3.70. The molecule has 0 aliphatic rings. The second-order valence-corrected chi connectivity index (χ2v) is 5.34. The highest BCUT2D eigenvalue weighted by Gasteiger charge is 2.16. The minimum atomic E-state index is 0.0996. The molecule has 4 nitrogen and oxygen atoms in total. The van der Waals surface area contributed by atoms with Gasteiger partial charge in [0.15, 0.2) is 0 Å². The molecule has 0 saturated carbocycles. The Bertz CT molecular complexity index is 339. The highest BCUT2D eigenvalue weighted by atomic mass is 16.5. The Morgan fingerprint density at radius 3 is 2.74 bits per heavy atom. The lowest BCUT2D eigenvalue weighted by Gasteiger charge is -2.15. The van der Waals surface area contributed by atoms with Gasteiger partial charge in [-0.25, -0.2) is 0 Å². The lowest BCUT2D eigenvalue weighted by Crippen LogP contribution is -2.04. The summed E-state index contributed by atoms with van der Waals surface area (Å²) in [6.45, 7) is 7.36. The van der Waals surface area contributed by atoms with Crippen LogP contribution < -0.4 is 5.32 Å². The second-order valence-electron chi connectivity index (χ2n) is 5.34. The number of hydrogen-bond acceptors (Lipinski definition) is 4.